The number of benzene rings is 1. The van der Waals surface area contributed by atoms with Gasteiger partial charge in [-0.1, -0.05) is 17.7 Å². The largest absolute Gasteiger partial charge is 0.321 e. The van der Waals surface area contributed by atoms with E-state index in [-0.39, 0.29) is 11.1 Å². The maximum Gasteiger partial charge on any atom is 0.266 e. The highest BCUT2D eigenvalue weighted by Gasteiger charge is 2.13. The summed E-state index contributed by atoms with van der Waals surface area (Å²) in [5.41, 5.74) is 5.34. The van der Waals surface area contributed by atoms with E-state index in [4.69, 9.17) is 0 Å². The molecule has 0 aliphatic heterocycles. The Bertz CT molecular complexity index is 931. The number of nitrogens with one attached hydrogen (secondary N) is 1. The van der Waals surface area contributed by atoms with E-state index in [9.17, 15) is 10.1 Å². The number of rotatable bonds is 2. The summed E-state index contributed by atoms with van der Waals surface area (Å²) in [5.74, 6) is 0. The van der Waals surface area contributed by atoms with Crippen LogP contribution in [-0.4, -0.2) is 4.98 Å². The molecular weight excluding hydrogens is 292 g/mol. The van der Waals surface area contributed by atoms with Crippen LogP contribution in [0.2, 0.25) is 0 Å². The fourth-order valence-corrected chi connectivity index (χ4v) is 3.14. The van der Waals surface area contributed by atoms with Gasteiger partial charge < -0.3 is 4.98 Å². The SMILES string of the molecule is Cc1ccc(C)c(-c2cc(-c3ccsc3)c(C#N)c(=O)[nH]2)c1. The highest BCUT2D eigenvalue weighted by molar-refractivity contribution is 7.08. The molecule has 0 bridgehead atoms. The van der Waals surface area contributed by atoms with Crippen LogP contribution in [0.15, 0.2) is 45.9 Å². The molecule has 3 rings (SSSR count). The number of aryl methyl sites for hydroxylation is 2. The molecule has 0 atom stereocenters. The summed E-state index contributed by atoms with van der Waals surface area (Å²) in [6, 6.07) is 12.0. The zero-order valence-electron chi connectivity index (χ0n) is 12.3. The smallest absolute Gasteiger partial charge is 0.266 e. The highest BCUT2D eigenvalue weighted by atomic mass is 32.1. The number of nitriles is 1. The normalized spacial score (nSPS) is 10.4. The van der Waals surface area contributed by atoms with E-state index in [0.29, 0.717) is 5.56 Å². The molecule has 1 N–H and O–H groups in total. The summed E-state index contributed by atoms with van der Waals surface area (Å²) in [5, 5.41) is 13.2. The van der Waals surface area contributed by atoms with E-state index in [2.05, 4.69) is 4.98 Å². The molecular formula is C18H14N2OS. The zero-order valence-corrected chi connectivity index (χ0v) is 13.1. The summed E-state index contributed by atoms with van der Waals surface area (Å²) >= 11 is 1.55. The Morgan fingerprint density at radius 3 is 2.64 bits per heavy atom. The van der Waals surface area contributed by atoms with Crippen LogP contribution in [0.3, 0.4) is 0 Å². The number of pyridine rings is 1. The van der Waals surface area contributed by atoms with Crippen LogP contribution in [0.25, 0.3) is 22.4 Å². The highest BCUT2D eigenvalue weighted by Crippen LogP contribution is 2.29. The monoisotopic (exact) mass is 306 g/mol. The fraction of sp³-hybridized carbons (Fsp3) is 0.111. The molecule has 0 aliphatic carbocycles. The first-order valence-electron chi connectivity index (χ1n) is 6.88. The molecule has 4 heteroatoms. The van der Waals surface area contributed by atoms with E-state index in [1.165, 1.54) is 0 Å². The third-order valence-electron chi connectivity index (χ3n) is 3.66. The second-order valence-electron chi connectivity index (χ2n) is 5.24. The molecule has 108 valence electrons. The van der Waals surface area contributed by atoms with Crippen LogP contribution < -0.4 is 5.56 Å². The lowest BCUT2D eigenvalue weighted by Gasteiger charge is -2.10. The van der Waals surface area contributed by atoms with Crippen molar-refractivity contribution in [2.24, 2.45) is 0 Å². The van der Waals surface area contributed by atoms with Crippen molar-refractivity contribution in [3.63, 3.8) is 0 Å². The van der Waals surface area contributed by atoms with E-state index in [0.717, 1.165) is 27.9 Å². The molecule has 2 heterocycles. The van der Waals surface area contributed by atoms with E-state index < -0.39 is 0 Å². The van der Waals surface area contributed by atoms with Gasteiger partial charge in [-0.05, 0) is 53.9 Å². The van der Waals surface area contributed by atoms with E-state index in [1.807, 2.05) is 61.0 Å². The first-order chi connectivity index (χ1) is 10.6. The molecule has 0 spiro atoms. The van der Waals surface area contributed by atoms with Crippen molar-refractivity contribution >= 4 is 11.3 Å². The predicted molar refractivity (Wildman–Crippen MR) is 90.0 cm³/mol. The Morgan fingerprint density at radius 1 is 1.14 bits per heavy atom. The van der Waals surface area contributed by atoms with Crippen LogP contribution >= 0.6 is 11.3 Å². The molecule has 0 saturated heterocycles. The first-order valence-corrected chi connectivity index (χ1v) is 7.82. The number of hydrogen-bond donors (Lipinski definition) is 1. The molecule has 0 fully saturated rings. The summed E-state index contributed by atoms with van der Waals surface area (Å²) < 4.78 is 0. The van der Waals surface area contributed by atoms with Crippen molar-refractivity contribution < 1.29 is 0 Å². The molecule has 0 aliphatic rings. The van der Waals surface area contributed by atoms with Gasteiger partial charge in [0.2, 0.25) is 0 Å². The average molecular weight is 306 g/mol. The number of aromatic nitrogens is 1. The topological polar surface area (TPSA) is 56.6 Å². The summed E-state index contributed by atoms with van der Waals surface area (Å²) in [6.45, 7) is 4.03. The van der Waals surface area contributed by atoms with Crippen LogP contribution in [-0.2, 0) is 0 Å². The van der Waals surface area contributed by atoms with Gasteiger partial charge in [-0.15, -0.1) is 0 Å². The minimum absolute atomic E-state index is 0.160. The van der Waals surface area contributed by atoms with Gasteiger partial charge >= 0.3 is 0 Å². The van der Waals surface area contributed by atoms with Gasteiger partial charge in [-0.2, -0.15) is 16.6 Å². The number of aromatic amines is 1. The number of thiophene rings is 1. The van der Waals surface area contributed by atoms with Crippen LogP contribution in [0.5, 0.6) is 0 Å². The van der Waals surface area contributed by atoms with Crippen molar-refractivity contribution in [2.45, 2.75) is 13.8 Å². The van der Waals surface area contributed by atoms with E-state index >= 15 is 0 Å². The number of nitrogens with zero attached hydrogens (tertiary/aromatic N) is 1. The second-order valence-corrected chi connectivity index (χ2v) is 6.02. The van der Waals surface area contributed by atoms with Crippen molar-refractivity contribution in [3.8, 4) is 28.5 Å². The van der Waals surface area contributed by atoms with Crippen LogP contribution in [0.4, 0.5) is 0 Å². The molecule has 22 heavy (non-hydrogen) atoms. The molecule has 3 nitrogen and oxygen atoms in total. The molecule has 3 aromatic rings. The summed E-state index contributed by atoms with van der Waals surface area (Å²) in [4.78, 5) is 15.1. The summed E-state index contributed by atoms with van der Waals surface area (Å²) in [6.07, 6.45) is 0. The van der Waals surface area contributed by atoms with Crippen molar-refractivity contribution in [1.82, 2.24) is 4.98 Å². The Hall–Kier alpha value is -2.64. The zero-order chi connectivity index (χ0) is 15.7. The summed E-state index contributed by atoms with van der Waals surface area (Å²) in [7, 11) is 0. The van der Waals surface area contributed by atoms with Gasteiger partial charge in [-0.3, -0.25) is 4.79 Å². The minimum Gasteiger partial charge on any atom is -0.321 e. The van der Waals surface area contributed by atoms with Gasteiger partial charge in [0, 0.05) is 16.8 Å². The van der Waals surface area contributed by atoms with Crippen molar-refractivity contribution in [2.75, 3.05) is 0 Å². The Morgan fingerprint density at radius 2 is 1.95 bits per heavy atom. The third-order valence-corrected chi connectivity index (χ3v) is 4.34. The van der Waals surface area contributed by atoms with Gasteiger partial charge in [0.1, 0.15) is 11.6 Å². The lowest BCUT2D eigenvalue weighted by molar-refractivity contribution is 1.21. The van der Waals surface area contributed by atoms with Crippen molar-refractivity contribution in [3.05, 3.63) is 68.1 Å². The molecule has 0 radical (unpaired) electrons. The Kier molecular flexibility index (Phi) is 3.66. The van der Waals surface area contributed by atoms with Crippen LogP contribution in [0, 0.1) is 25.2 Å². The predicted octanol–water partition coefficient (Wildman–Crippen LogP) is 4.26. The molecule has 0 amide bonds. The van der Waals surface area contributed by atoms with Crippen molar-refractivity contribution in [1.29, 1.82) is 5.26 Å². The third kappa shape index (κ3) is 2.47. The number of hydrogen-bond acceptors (Lipinski definition) is 3. The van der Waals surface area contributed by atoms with Gasteiger partial charge in [0.05, 0.1) is 0 Å². The van der Waals surface area contributed by atoms with Crippen LogP contribution in [0.1, 0.15) is 16.7 Å². The lowest BCUT2D eigenvalue weighted by Crippen LogP contribution is -2.12. The minimum atomic E-state index is -0.345. The maximum absolute atomic E-state index is 12.3. The molecule has 0 saturated carbocycles. The molecule has 2 aromatic heterocycles. The second kappa shape index (κ2) is 5.63. The maximum atomic E-state index is 12.3. The fourth-order valence-electron chi connectivity index (χ4n) is 2.49. The Labute approximate surface area is 132 Å². The van der Waals surface area contributed by atoms with Gasteiger partial charge in [-0.25, -0.2) is 0 Å². The number of H-pyrrole nitrogens is 1. The Balaban J connectivity index is 2.30. The molecule has 0 unspecified atom stereocenters. The lowest BCUT2D eigenvalue weighted by atomic mass is 9.98. The first kappa shape index (κ1) is 14.3. The van der Waals surface area contributed by atoms with Gasteiger partial charge in [0.25, 0.3) is 5.56 Å². The van der Waals surface area contributed by atoms with E-state index in [1.54, 1.807) is 11.3 Å². The quantitative estimate of drug-likeness (QED) is 0.769. The standard InChI is InChI=1S/C18H14N2OS/c1-11-3-4-12(2)14(7-11)17-8-15(13-5-6-22-10-13)16(9-19)18(21)20-17/h3-8,10H,1-2H3,(H,20,21). The average Bonchev–Trinajstić information content (AvgIpc) is 3.03. The molecule has 1 aromatic carbocycles. The van der Waals surface area contributed by atoms with Gasteiger partial charge in [0.15, 0.2) is 0 Å².